The number of anilines is 1. The molecular weight excluding hydrogens is 262 g/mol. The molecule has 1 aromatic carbocycles. The van der Waals surface area contributed by atoms with Crippen molar-refractivity contribution in [2.45, 2.75) is 44.7 Å². The van der Waals surface area contributed by atoms with Gasteiger partial charge in [0.25, 0.3) is 0 Å². The van der Waals surface area contributed by atoms with Gasteiger partial charge in [0.2, 0.25) is 0 Å². The van der Waals surface area contributed by atoms with Crippen LogP contribution in [-0.2, 0) is 6.54 Å². The Hall–Kier alpha value is -1.26. The van der Waals surface area contributed by atoms with Crippen molar-refractivity contribution in [3.8, 4) is 5.75 Å². The molecule has 0 aromatic heterocycles. The molecule has 3 N–H and O–H groups in total. The Bertz CT molecular complexity index is 463. The highest BCUT2D eigenvalue weighted by Gasteiger charge is 2.25. The smallest absolute Gasteiger partial charge is 0.138 e. The standard InChI is InChI=1S/C17H27N3O/c18-16-12-14(4-5-17(16)21)13-19-10-6-15(7-11-19)20-8-2-1-3-9-20/h4-5,12,15,21H,1-3,6-11,13,18H2. The van der Waals surface area contributed by atoms with E-state index in [2.05, 4.69) is 9.80 Å². The molecule has 0 amide bonds. The monoisotopic (exact) mass is 289 g/mol. The second-order valence-corrected chi connectivity index (χ2v) is 6.50. The Balaban J connectivity index is 1.50. The van der Waals surface area contributed by atoms with Crippen molar-refractivity contribution in [2.75, 3.05) is 31.9 Å². The van der Waals surface area contributed by atoms with Crippen LogP contribution in [0.3, 0.4) is 0 Å². The molecule has 0 radical (unpaired) electrons. The first-order valence-corrected chi connectivity index (χ1v) is 8.26. The second kappa shape index (κ2) is 6.67. The fourth-order valence-electron chi connectivity index (χ4n) is 3.69. The zero-order chi connectivity index (χ0) is 14.7. The van der Waals surface area contributed by atoms with Crippen molar-refractivity contribution < 1.29 is 5.11 Å². The van der Waals surface area contributed by atoms with Crippen LogP contribution in [0, 0.1) is 0 Å². The zero-order valence-corrected chi connectivity index (χ0v) is 12.8. The van der Waals surface area contributed by atoms with E-state index in [0.717, 1.165) is 12.6 Å². The van der Waals surface area contributed by atoms with Gasteiger partial charge >= 0.3 is 0 Å². The lowest BCUT2D eigenvalue weighted by atomic mass is 9.99. The normalized spacial score (nSPS) is 22.5. The van der Waals surface area contributed by atoms with Gasteiger partial charge in [0.1, 0.15) is 5.75 Å². The highest BCUT2D eigenvalue weighted by atomic mass is 16.3. The summed E-state index contributed by atoms with van der Waals surface area (Å²) in [5, 5.41) is 9.48. The van der Waals surface area contributed by atoms with E-state index in [1.54, 1.807) is 6.07 Å². The molecule has 2 heterocycles. The van der Waals surface area contributed by atoms with E-state index >= 15 is 0 Å². The maximum Gasteiger partial charge on any atom is 0.138 e. The topological polar surface area (TPSA) is 52.7 Å². The average Bonchev–Trinajstić information content (AvgIpc) is 2.53. The summed E-state index contributed by atoms with van der Waals surface area (Å²) in [6.07, 6.45) is 6.75. The van der Waals surface area contributed by atoms with Crippen LogP contribution in [0.5, 0.6) is 5.75 Å². The number of nitrogens with zero attached hydrogens (tertiary/aromatic N) is 2. The summed E-state index contributed by atoms with van der Waals surface area (Å²) in [6.45, 7) is 5.89. The van der Waals surface area contributed by atoms with E-state index in [1.165, 1.54) is 63.8 Å². The van der Waals surface area contributed by atoms with Crippen LogP contribution < -0.4 is 5.73 Å². The Morgan fingerprint density at radius 1 is 1.05 bits per heavy atom. The van der Waals surface area contributed by atoms with E-state index in [9.17, 15) is 5.11 Å². The Morgan fingerprint density at radius 2 is 1.76 bits per heavy atom. The molecule has 0 aliphatic carbocycles. The summed E-state index contributed by atoms with van der Waals surface area (Å²) < 4.78 is 0. The molecule has 0 unspecified atom stereocenters. The number of benzene rings is 1. The molecule has 4 nitrogen and oxygen atoms in total. The minimum atomic E-state index is 0.183. The number of aromatic hydroxyl groups is 1. The minimum Gasteiger partial charge on any atom is -0.506 e. The SMILES string of the molecule is Nc1cc(CN2CCC(N3CCCCC3)CC2)ccc1O. The number of nitrogens with two attached hydrogens (primary N) is 1. The molecule has 3 rings (SSSR count). The molecule has 4 heteroatoms. The maximum atomic E-state index is 9.48. The maximum absolute atomic E-state index is 9.48. The summed E-state index contributed by atoms with van der Waals surface area (Å²) in [5.74, 6) is 0.183. The summed E-state index contributed by atoms with van der Waals surface area (Å²) in [5.41, 5.74) is 7.45. The van der Waals surface area contributed by atoms with Crippen molar-refractivity contribution >= 4 is 5.69 Å². The third-order valence-corrected chi connectivity index (χ3v) is 4.96. The molecule has 116 valence electrons. The van der Waals surface area contributed by atoms with Crippen molar-refractivity contribution in [3.05, 3.63) is 23.8 Å². The molecule has 2 fully saturated rings. The van der Waals surface area contributed by atoms with E-state index < -0.39 is 0 Å². The van der Waals surface area contributed by atoms with Gasteiger partial charge in [-0.2, -0.15) is 0 Å². The van der Waals surface area contributed by atoms with Gasteiger partial charge in [0, 0.05) is 12.6 Å². The molecule has 21 heavy (non-hydrogen) atoms. The fraction of sp³-hybridized carbons (Fsp3) is 0.647. The minimum absolute atomic E-state index is 0.183. The van der Waals surface area contributed by atoms with E-state index in [-0.39, 0.29) is 5.75 Å². The Kier molecular flexibility index (Phi) is 4.66. The van der Waals surface area contributed by atoms with Gasteiger partial charge in [-0.25, -0.2) is 0 Å². The van der Waals surface area contributed by atoms with Gasteiger partial charge < -0.3 is 15.7 Å². The number of hydrogen-bond acceptors (Lipinski definition) is 4. The Labute approximate surface area is 127 Å². The van der Waals surface area contributed by atoms with Crippen LogP contribution >= 0.6 is 0 Å². The largest absolute Gasteiger partial charge is 0.506 e. The quantitative estimate of drug-likeness (QED) is 0.663. The van der Waals surface area contributed by atoms with E-state index in [1.807, 2.05) is 12.1 Å². The van der Waals surface area contributed by atoms with Crippen molar-refractivity contribution in [3.63, 3.8) is 0 Å². The predicted molar refractivity (Wildman–Crippen MR) is 86.2 cm³/mol. The van der Waals surface area contributed by atoms with Crippen LogP contribution in [0.4, 0.5) is 5.69 Å². The van der Waals surface area contributed by atoms with Crippen LogP contribution in [-0.4, -0.2) is 47.1 Å². The third kappa shape index (κ3) is 3.69. The molecule has 2 saturated heterocycles. The van der Waals surface area contributed by atoms with Crippen LogP contribution in [0.2, 0.25) is 0 Å². The van der Waals surface area contributed by atoms with Crippen molar-refractivity contribution in [1.82, 2.24) is 9.80 Å². The lowest BCUT2D eigenvalue weighted by Gasteiger charge is -2.40. The molecule has 0 spiro atoms. The van der Waals surface area contributed by atoms with Crippen molar-refractivity contribution in [2.24, 2.45) is 0 Å². The molecule has 2 aliphatic heterocycles. The molecule has 0 atom stereocenters. The van der Waals surface area contributed by atoms with E-state index in [0.29, 0.717) is 5.69 Å². The molecule has 2 aliphatic rings. The first kappa shape index (κ1) is 14.7. The fourth-order valence-corrected chi connectivity index (χ4v) is 3.69. The number of piperidine rings is 2. The van der Waals surface area contributed by atoms with Gasteiger partial charge in [-0.15, -0.1) is 0 Å². The van der Waals surface area contributed by atoms with Crippen LogP contribution in [0.1, 0.15) is 37.7 Å². The number of rotatable bonds is 3. The number of phenolic OH excluding ortho intramolecular Hbond substituents is 1. The molecule has 0 bridgehead atoms. The van der Waals surface area contributed by atoms with Gasteiger partial charge in [0.05, 0.1) is 5.69 Å². The van der Waals surface area contributed by atoms with Crippen molar-refractivity contribution in [1.29, 1.82) is 0 Å². The third-order valence-electron chi connectivity index (χ3n) is 4.96. The van der Waals surface area contributed by atoms with Gasteiger partial charge in [-0.3, -0.25) is 4.90 Å². The van der Waals surface area contributed by atoms with Crippen LogP contribution in [0.15, 0.2) is 18.2 Å². The second-order valence-electron chi connectivity index (χ2n) is 6.50. The number of phenols is 1. The average molecular weight is 289 g/mol. The zero-order valence-electron chi connectivity index (χ0n) is 12.8. The lowest BCUT2D eigenvalue weighted by Crippen LogP contribution is -2.46. The van der Waals surface area contributed by atoms with Gasteiger partial charge in [-0.1, -0.05) is 12.5 Å². The van der Waals surface area contributed by atoms with Crippen LogP contribution in [0.25, 0.3) is 0 Å². The Morgan fingerprint density at radius 3 is 2.43 bits per heavy atom. The summed E-state index contributed by atoms with van der Waals surface area (Å²) in [7, 11) is 0. The number of hydrogen-bond donors (Lipinski definition) is 2. The molecule has 1 aromatic rings. The molecular formula is C17H27N3O. The number of likely N-dealkylation sites (tertiary alicyclic amines) is 2. The first-order valence-electron chi connectivity index (χ1n) is 8.26. The van der Waals surface area contributed by atoms with Gasteiger partial charge in [0.15, 0.2) is 0 Å². The predicted octanol–water partition coefficient (Wildman–Crippen LogP) is 2.42. The van der Waals surface area contributed by atoms with E-state index in [4.69, 9.17) is 5.73 Å². The summed E-state index contributed by atoms with van der Waals surface area (Å²) in [6, 6.07) is 6.37. The lowest BCUT2D eigenvalue weighted by molar-refractivity contribution is 0.0896. The summed E-state index contributed by atoms with van der Waals surface area (Å²) in [4.78, 5) is 5.21. The summed E-state index contributed by atoms with van der Waals surface area (Å²) >= 11 is 0. The number of nitrogen functional groups attached to an aromatic ring is 1. The highest BCUT2D eigenvalue weighted by molar-refractivity contribution is 5.53. The molecule has 0 saturated carbocycles. The van der Waals surface area contributed by atoms with Gasteiger partial charge in [-0.05, 0) is 69.6 Å². The first-order chi connectivity index (χ1) is 10.2. The highest BCUT2D eigenvalue weighted by Crippen LogP contribution is 2.24.